The van der Waals surface area contributed by atoms with E-state index < -0.39 is 0 Å². The van der Waals surface area contributed by atoms with E-state index in [1.165, 1.54) is 0 Å². The highest BCUT2D eigenvalue weighted by Gasteiger charge is 2.21. The number of halogens is 3. The van der Waals surface area contributed by atoms with Gasteiger partial charge in [-0.2, -0.15) is 19.9 Å². The van der Waals surface area contributed by atoms with E-state index in [0.29, 0.717) is 34.7 Å². The van der Waals surface area contributed by atoms with Gasteiger partial charge in [0.25, 0.3) is 11.8 Å². The number of rotatable bonds is 12. The number of amides is 2. The largest absolute Gasteiger partial charge is 0.359 e. The summed E-state index contributed by atoms with van der Waals surface area (Å²) in [5, 5.41) is 18.2. The van der Waals surface area contributed by atoms with E-state index in [1.807, 2.05) is 58.3 Å². The van der Waals surface area contributed by atoms with Crippen LogP contribution in [0.25, 0.3) is 0 Å². The average molecular weight is 905 g/mol. The molecule has 58 heavy (non-hydrogen) atoms. The Labute approximate surface area is 363 Å². The van der Waals surface area contributed by atoms with Gasteiger partial charge in [-0.1, -0.05) is 53.7 Å². The van der Waals surface area contributed by atoms with E-state index in [4.69, 9.17) is 23.2 Å². The van der Waals surface area contributed by atoms with Crippen molar-refractivity contribution in [3.63, 3.8) is 0 Å². The third-order valence-corrected chi connectivity index (χ3v) is 8.87. The highest BCUT2D eigenvalue weighted by molar-refractivity contribution is 9.10. The second-order valence-corrected chi connectivity index (χ2v) is 17.5. The molecule has 0 unspecified atom stereocenters. The maximum atomic E-state index is 12.0. The van der Waals surface area contributed by atoms with Crippen LogP contribution in [-0.4, -0.2) is 92.5 Å². The van der Waals surface area contributed by atoms with E-state index in [9.17, 15) is 9.59 Å². The first-order valence-corrected chi connectivity index (χ1v) is 20.5. The van der Waals surface area contributed by atoms with Gasteiger partial charge in [-0.05, 0) is 76.0 Å². The first kappa shape index (κ1) is 49.5. The predicted molar refractivity (Wildman–Crippen MR) is 249 cm³/mol. The van der Waals surface area contributed by atoms with Crippen molar-refractivity contribution >= 4 is 97.5 Å². The molecule has 0 aliphatic carbocycles. The van der Waals surface area contributed by atoms with Gasteiger partial charge in [-0.25, -0.2) is 0 Å². The van der Waals surface area contributed by atoms with Gasteiger partial charge >= 0.3 is 0 Å². The lowest BCUT2D eigenvalue weighted by Crippen LogP contribution is -2.30. The zero-order chi connectivity index (χ0) is 44.0. The molecule has 0 fully saturated rings. The van der Waals surface area contributed by atoms with Crippen LogP contribution in [0.2, 0.25) is 0 Å². The topological polar surface area (TPSA) is 164 Å². The average Bonchev–Trinajstić information content (AvgIpc) is 3.15. The lowest BCUT2D eigenvalue weighted by molar-refractivity contribution is 0.0955. The van der Waals surface area contributed by atoms with Gasteiger partial charge < -0.3 is 41.7 Å². The fraction of sp³-hybridized carbons (Fsp3) is 0.463. The Hall–Kier alpha value is -4.60. The SMILES string of the molecule is CNC(=O)c1ccc(C)c(Nc2cc(N(C)CC(C)(C)C)nc(NC)n2)c1.CNC(=O)c1ccc(C)c(Nc2nc(NC)nc(N(C)CC(C)(C)C)c2Br)c1.ClCCl. The zero-order valence-corrected chi connectivity index (χ0v) is 39.4. The molecule has 0 saturated carbocycles. The monoisotopic (exact) mass is 902 g/mol. The molecular formula is C41H61BrCl2N12O2. The smallest absolute Gasteiger partial charge is 0.251 e. The normalized spacial score (nSPS) is 10.8. The standard InChI is InChI=1S/C20H29BrN6O.C20H30N6O.CH2Cl2/c1-12-8-9-13(18(28)22-5)10-14(12)24-16-15(21)17(26-19(23-6)25-16)27(7)11-20(2,3)4;1-13-8-9-14(18(27)21-5)10-15(13)23-16-11-17(25-19(22-6)24-16)26(7)12-20(2,3)4;2-1-3/h8-10H,11H2,1-7H3,(H,22,28)(H2,23,24,25,26);8-11H,12H2,1-7H3,(H,21,27)(H2,22,23,24,25);1H2. The summed E-state index contributed by atoms with van der Waals surface area (Å²) in [6.07, 6.45) is 0. The number of hydrogen-bond acceptors (Lipinski definition) is 12. The number of anilines is 8. The molecule has 0 aliphatic rings. The highest BCUT2D eigenvalue weighted by atomic mass is 79.9. The molecule has 6 N–H and O–H groups in total. The van der Waals surface area contributed by atoms with Crippen LogP contribution >= 0.6 is 39.1 Å². The van der Waals surface area contributed by atoms with Crippen LogP contribution in [0.15, 0.2) is 46.9 Å². The minimum absolute atomic E-state index is 0.116. The third kappa shape index (κ3) is 15.6. The lowest BCUT2D eigenvalue weighted by atomic mass is 9.96. The molecule has 2 heterocycles. The molecule has 0 atom stereocenters. The quantitative estimate of drug-likeness (QED) is 0.0750. The summed E-state index contributed by atoms with van der Waals surface area (Å²) in [7, 11) is 10.9. The number of nitrogens with one attached hydrogen (secondary N) is 6. The van der Waals surface area contributed by atoms with Crippen molar-refractivity contribution in [2.75, 3.05) is 91.8 Å². The molecule has 0 bridgehead atoms. The second-order valence-electron chi connectivity index (χ2n) is 15.9. The fourth-order valence-corrected chi connectivity index (χ4v) is 6.20. The number of carbonyl (C=O) groups is 2. The van der Waals surface area contributed by atoms with Gasteiger partial charge in [-0.15, -0.1) is 23.2 Å². The highest BCUT2D eigenvalue weighted by Crippen LogP contribution is 2.35. The number of hydrogen-bond donors (Lipinski definition) is 6. The van der Waals surface area contributed by atoms with Gasteiger partial charge in [0.1, 0.15) is 16.1 Å². The third-order valence-electron chi connectivity index (χ3n) is 8.14. The molecule has 2 amide bonds. The van der Waals surface area contributed by atoms with Crippen molar-refractivity contribution in [1.82, 2.24) is 30.6 Å². The maximum absolute atomic E-state index is 12.0. The van der Waals surface area contributed by atoms with E-state index in [2.05, 4.69) is 119 Å². The van der Waals surface area contributed by atoms with E-state index in [0.717, 1.165) is 51.7 Å². The Morgan fingerprint density at radius 1 is 0.672 bits per heavy atom. The Bertz CT molecular complexity index is 1990. The Morgan fingerprint density at radius 3 is 1.57 bits per heavy atom. The molecule has 2 aromatic carbocycles. The van der Waals surface area contributed by atoms with Crippen LogP contribution in [0.5, 0.6) is 0 Å². The number of nitrogens with zero attached hydrogens (tertiary/aromatic N) is 6. The van der Waals surface area contributed by atoms with E-state index in [-0.39, 0.29) is 28.0 Å². The minimum Gasteiger partial charge on any atom is -0.359 e. The molecule has 0 radical (unpaired) electrons. The van der Waals surface area contributed by atoms with Gasteiger partial charge in [0.15, 0.2) is 11.6 Å². The summed E-state index contributed by atoms with van der Waals surface area (Å²) >= 11 is 13.2. The number of alkyl halides is 2. The fourth-order valence-electron chi connectivity index (χ4n) is 5.62. The molecule has 4 aromatic rings. The molecule has 0 spiro atoms. The Balaban J connectivity index is 0.000000375. The predicted octanol–water partition coefficient (Wildman–Crippen LogP) is 9.01. The molecule has 17 heteroatoms. The summed E-state index contributed by atoms with van der Waals surface area (Å²) in [5.41, 5.74) is 5.12. The molecule has 4 rings (SSSR count). The number of aryl methyl sites for hydroxylation is 2. The van der Waals surface area contributed by atoms with Crippen molar-refractivity contribution in [3.05, 3.63) is 69.2 Å². The van der Waals surface area contributed by atoms with Crippen LogP contribution in [0.3, 0.4) is 0 Å². The Morgan fingerprint density at radius 2 is 1.12 bits per heavy atom. The van der Waals surface area contributed by atoms with Crippen LogP contribution < -0.4 is 41.7 Å². The molecule has 0 saturated heterocycles. The first-order valence-electron chi connectivity index (χ1n) is 18.7. The van der Waals surface area contributed by atoms with Gasteiger partial charge in [-0.3, -0.25) is 9.59 Å². The summed E-state index contributed by atoms with van der Waals surface area (Å²) in [5.74, 6) is 3.71. The Kier molecular flexibility index (Phi) is 19.2. The van der Waals surface area contributed by atoms with Crippen LogP contribution in [0, 0.1) is 24.7 Å². The van der Waals surface area contributed by atoms with Gasteiger partial charge in [0, 0.05) is 83.9 Å². The van der Waals surface area contributed by atoms with Crippen LogP contribution in [-0.2, 0) is 0 Å². The lowest BCUT2D eigenvalue weighted by Gasteiger charge is -2.28. The number of carbonyl (C=O) groups excluding carboxylic acids is 2. The van der Waals surface area contributed by atoms with Crippen molar-refractivity contribution in [3.8, 4) is 0 Å². The molecule has 14 nitrogen and oxygen atoms in total. The number of aromatic nitrogens is 4. The van der Waals surface area contributed by atoms with Crippen LogP contribution in [0.1, 0.15) is 73.4 Å². The minimum atomic E-state index is -0.133. The van der Waals surface area contributed by atoms with Crippen molar-refractivity contribution < 1.29 is 9.59 Å². The summed E-state index contributed by atoms with van der Waals surface area (Å²) < 4.78 is 0.767. The van der Waals surface area contributed by atoms with Crippen molar-refractivity contribution in [2.45, 2.75) is 55.4 Å². The van der Waals surface area contributed by atoms with Gasteiger partial charge in [0.05, 0.1) is 5.34 Å². The van der Waals surface area contributed by atoms with E-state index >= 15 is 0 Å². The maximum Gasteiger partial charge on any atom is 0.251 e. The summed E-state index contributed by atoms with van der Waals surface area (Å²) in [4.78, 5) is 46.3. The van der Waals surface area contributed by atoms with Crippen LogP contribution in [0.4, 0.5) is 46.5 Å². The van der Waals surface area contributed by atoms with Crippen molar-refractivity contribution in [1.29, 1.82) is 0 Å². The molecule has 318 valence electrons. The second kappa shape index (κ2) is 22.5. The zero-order valence-electron chi connectivity index (χ0n) is 36.3. The van der Waals surface area contributed by atoms with E-state index in [1.54, 1.807) is 40.3 Å². The molecule has 2 aromatic heterocycles. The summed E-state index contributed by atoms with van der Waals surface area (Å²) in [6, 6.07) is 13.0. The molecule has 0 aliphatic heterocycles. The summed E-state index contributed by atoms with van der Waals surface area (Å²) in [6.45, 7) is 18.8. The van der Waals surface area contributed by atoms with Gasteiger partial charge in [0.2, 0.25) is 11.9 Å². The molecular weight excluding hydrogens is 843 g/mol. The number of benzene rings is 2. The first-order chi connectivity index (χ1) is 27.1. The van der Waals surface area contributed by atoms with Crippen molar-refractivity contribution in [2.24, 2.45) is 10.8 Å².